The zero-order chi connectivity index (χ0) is 8.69. The number of hydrogen-bond acceptors (Lipinski definition) is 3. The molecule has 64 valence electrons. The lowest BCUT2D eigenvalue weighted by Crippen LogP contribution is -2.34. The molecule has 4 nitrogen and oxygen atoms in total. The fraction of sp³-hybridized carbons (Fsp3) is 0.667. The van der Waals surface area contributed by atoms with E-state index in [1.165, 1.54) is 0 Å². The van der Waals surface area contributed by atoms with Crippen molar-refractivity contribution in [1.29, 1.82) is 0 Å². The Bertz CT molecular complexity index is 141. The lowest BCUT2D eigenvalue weighted by Gasteiger charge is -2.13. The van der Waals surface area contributed by atoms with Gasteiger partial charge in [-0.2, -0.15) is 5.06 Å². The zero-order valence-corrected chi connectivity index (χ0v) is 7.26. The van der Waals surface area contributed by atoms with Crippen LogP contribution in [0.5, 0.6) is 0 Å². The summed E-state index contributed by atoms with van der Waals surface area (Å²) >= 11 is 4.51. The predicted octanol–water partition coefficient (Wildman–Crippen LogP) is 0.420. The van der Waals surface area contributed by atoms with Gasteiger partial charge in [-0.05, 0) is 18.6 Å². The third-order valence-corrected chi connectivity index (χ3v) is 1.22. The molecule has 0 aromatic rings. The van der Waals surface area contributed by atoms with Crippen LogP contribution in [0, 0.1) is 0 Å². The number of nitrogens with zero attached hydrogens (tertiary/aromatic N) is 1. The van der Waals surface area contributed by atoms with Crippen LogP contribution in [-0.4, -0.2) is 23.2 Å². The molecule has 0 radical (unpaired) electrons. The van der Waals surface area contributed by atoms with Gasteiger partial charge in [-0.25, -0.2) is 0 Å². The molecule has 0 bridgehead atoms. The van der Waals surface area contributed by atoms with E-state index in [1.807, 2.05) is 6.92 Å². The van der Waals surface area contributed by atoms with Gasteiger partial charge in [-0.1, -0.05) is 13.3 Å². The van der Waals surface area contributed by atoms with Crippen molar-refractivity contribution in [3.05, 3.63) is 0 Å². The number of carbonyl (C=O) groups is 1. The highest BCUT2D eigenvalue weighted by molar-refractivity contribution is 7.80. The summed E-state index contributed by atoms with van der Waals surface area (Å²) in [4.78, 5) is 15.1. The summed E-state index contributed by atoms with van der Waals surface area (Å²) in [6, 6.07) is 0. The Balaban J connectivity index is 3.52. The van der Waals surface area contributed by atoms with Crippen molar-refractivity contribution in [1.82, 2.24) is 5.06 Å². The van der Waals surface area contributed by atoms with Crippen molar-refractivity contribution < 1.29 is 9.63 Å². The minimum absolute atomic E-state index is 0.0592. The molecule has 0 atom stereocenters. The third-order valence-electron chi connectivity index (χ3n) is 1.04. The molecule has 5 heteroatoms. The molecule has 0 aromatic carbocycles. The van der Waals surface area contributed by atoms with E-state index in [0.29, 0.717) is 13.0 Å². The molecule has 0 saturated carbocycles. The average molecular weight is 176 g/mol. The lowest BCUT2D eigenvalue weighted by molar-refractivity contribution is -0.148. The summed E-state index contributed by atoms with van der Waals surface area (Å²) in [5, 5.41) is 0.793. The van der Waals surface area contributed by atoms with Gasteiger partial charge in [0.1, 0.15) is 0 Å². The van der Waals surface area contributed by atoms with Gasteiger partial charge in [0.25, 0.3) is 0 Å². The van der Waals surface area contributed by atoms with E-state index in [1.54, 1.807) is 0 Å². The molecular weight excluding hydrogens is 164 g/mol. The minimum atomic E-state index is -0.0592. The molecule has 1 amide bonds. The summed E-state index contributed by atoms with van der Waals surface area (Å²) in [5.74, 6) is 0. The van der Waals surface area contributed by atoms with Crippen molar-refractivity contribution in [3.63, 3.8) is 0 Å². The van der Waals surface area contributed by atoms with E-state index >= 15 is 0 Å². The Labute approximate surface area is 71.3 Å². The highest BCUT2D eigenvalue weighted by Gasteiger charge is 2.02. The first kappa shape index (κ1) is 10.3. The Morgan fingerprint density at radius 3 is 2.82 bits per heavy atom. The van der Waals surface area contributed by atoms with Gasteiger partial charge in [0.2, 0.25) is 6.41 Å². The van der Waals surface area contributed by atoms with Crippen LogP contribution < -0.4 is 5.73 Å². The van der Waals surface area contributed by atoms with Gasteiger partial charge in [-0.15, -0.1) is 0 Å². The summed E-state index contributed by atoms with van der Waals surface area (Å²) in [6.07, 6.45) is 2.34. The minimum Gasteiger partial charge on any atom is -0.374 e. The van der Waals surface area contributed by atoms with Crippen molar-refractivity contribution in [2.75, 3.05) is 6.61 Å². The predicted molar refractivity (Wildman–Crippen MR) is 45.5 cm³/mol. The molecule has 2 N–H and O–H groups in total. The summed E-state index contributed by atoms with van der Waals surface area (Å²) in [6.45, 7) is 2.49. The maximum atomic E-state index is 10.2. The van der Waals surface area contributed by atoms with Gasteiger partial charge in [0.05, 0.1) is 6.61 Å². The van der Waals surface area contributed by atoms with E-state index in [4.69, 9.17) is 10.6 Å². The molecule has 0 fully saturated rings. The molecule has 0 aliphatic heterocycles. The van der Waals surface area contributed by atoms with Gasteiger partial charge < -0.3 is 5.73 Å². The molecule has 0 spiro atoms. The number of nitrogens with two attached hydrogens (primary N) is 1. The molecule has 0 aliphatic rings. The summed E-state index contributed by atoms with van der Waals surface area (Å²) < 4.78 is 0. The van der Waals surface area contributed by atoms with E-state index in [2.05, 4.69) is 12.2 Å². The molecule has 0 unspecified atom stereocenters. The fourth-order valence-electron chi connectivity index (χ4n) is 0.453. The van der Waals surface area contributed by atoms with Crippen molar-refractivity contribution in [2.45, 2.75) is 19.8 Å². The Morgan fingerprint density at radius 1 is 1.82 bits per heavy atom. The Hall–Kier alpha value is -0.680. The number of hydrogen-bond donors (Lipinski definition) is 1. The number of hydroxylamine groups is 2. The van der Waals surface area contributed by atoms with Crippen LogP contribution in [0.25, 0.3) is 0 Å². The number of rotatable bonds is 5. The first-order valence-corrected chi connectivity index (χ1v) is 3.80. The van der Waals surface area contributed by atoms with Crippen LogP contribution in [0.4, 0.5) is 0 Å². The van der Waals surface area contributed by atoms with Gasteiger partial charge in [0.15, 0.2) is 5.11 Å². The highest BCUT2D eigenvalue weighted by atomic mass is 32.1. The van der Waals surface area contributed by atoms with Crippen LogP contribution in [-0.2, 0) is 9.63 Å². The SMILES string of the molecule is CCCCON(C=O)C(N)=S. The molecule has 0 rings (SSSR count). The van der Waals surface area contributed by atoms with Crippen LogP contribution in [0.15, 0.2) is 0 Å². The average Bonchev–Trinajstić information content (AvgIpc) is 1.97. The normalized spacial score (nSPS) is 9.18. The first-order chi connectivity index (χ1) is 5.22. The second-order valence-electron chi connectivity index (χ2n) is 1.96. The van der Waals surface area contributed by atoms with Gasteiger partial charge >= 0.3 is 0 Å². The lowest BCUT2D eigenvalue weighted by atomic mass is 10.4. The van der Waals surface area contributed by atoms with Crippen molar-refractivity contribution >= 4 is 23.7 Å². The van der Waals surface area contributed by atoms with Crippen LogP contribution in [0.1, 0.15) is 19.8 Å². The van der Waals surface area contributed by atoms with Gasteiger partial charge in [-0.3, -0.25) is 9.63 Å². The molecule has 0 aromatic heterocycles. The fourth-order valence-corrected chi connectivity index (χ4v) is 0.549. The standard InChI is InChI=1S/C6H12N2O2S/c1-2-3-4-10-8(5-9)6(7)11/h5H,2-4H2,1H3,(H2,7,11). The van der Waals surface area contributed by atoms with Crippen LogP contribution in [0.2, 0.25) is 0 Å². The molecular formula is C6H12N2O2S. The number of unbranched alkanes of at least 4 members (excludes halogenated alkanes) is 1. The second kappa shape index (κ2) is 6.06. The maximum absolute atomic E-state index is 10.2. The van der Waals surface area contributed by atoms with Crippen molar-refractivity contribution in [2.24, 2.45) is 5.73 Å². The number of carbonyl (C=O) groups excluding carboxylic acids is 1. The molecule has 0 saturated heterocycles. The first-order valence-electron chi connectivity index (χ1n) is 3.39. The van der Waals surface area contributed by atoms with E-state index in [0.717, 1.165) is 17.9 Å². The Kier molecular flexibility index (Phi) is 5.68. The topological polar surface area (TPSA) is 55.6 Å². The van der Waals surface area contributed by atoms with E-state index in [-0.39, 0.29) is 5.11 Å². The maximum Gasteiger partial charge on any atom is 0.240 e. The van der Waals surface area contributed by atoms with E-state index in [9.17, 15) is 4.79 Å². The van der Waals surface area contributed by atoms with Crippen LogP contribution >= 0.6 is 12.2 Å². The second-order valence-corrected chi connectivity index (χ2v) is 2.37. The monoisotopic (exact) mass is 176 g/mol. The molecule has 0 heterocycles. The van der Waals surface area contributed by atoms with Crippen LogP contribution in [0.3, 0.4) is 0 Å². The third kappa shape index (κ3) is 4.69. The smallest absolute Gasteiger partial charge is 0.240 e. The zero-order valence-electron chi connectivity index (χ0n) is 6.45. The molecule has 11 heavy (non-hydrogen) atoms. The number of thiocarbonyl (C=S) groups is 1. The van der Waals surface area contributed by atoms with E-state index < -0.39 is 0 Å². The number of amides is 1. The van der Waals surface area contributed by atoms with Crippen molar-refractivity contribution in [3.8, 4) is 0 Å². The largest absolute Gasteiger partial charge is 0.374 e. The Morgan fingerprint density at radius 2 is 2.45 bits per heavy atom. The summed E-state index contributed by atoms with van der Waals surface area (Å²) in [7, 11) is 0. The molecule has 0 aliphatic carbocycles. The van der Waals surface area contributed by atoms with Gasteiger partial charge in [0, 0.05) is 0 Å². The highest BCUT2D eigenvalue weighted by Crippen LogP contribution is 1.91. The quantitative estimate of drug-likeness (QED) is 0.285. The summed E-state index contributed by atoms with van der Waals surface area (Å²) in [5.41, 5.74) is 5.13.